The van der Waals surface area contributed by atoms with E-state index in [9.17, 15) is 9.59 Å². The summed E-state index contributed by atoms with van der Waals surface area (Å²) in [6.07, 6.45) is 2.23. The van der Waals surface area contributed by atoms with Crippen LogP contribution in [0.25, 0.3) is 0 Å². The molecule has 1 aromatic heterocycles. The Morgan fingerprint density at radius 2 is 2.35 bits per heavy atom. The van der Waals surface area contributed by atoms with Crippen molar-refractivity contribution in [1.29, 1.82) is 0 Å². The molecule has 0 bridgehead atoms. The molecular weight excluding hydrogens is 240 g/mol. The van der Waals surface area contributed by atoms with Gasteiger partial charge in [0.05, 0.1) is 13.2 Å². The second-order valence-corrected chi connectivity index (χ2v) is 5.40. The van der Waals surface area contributed by atoms with E-state index in [1.807, 2.05) is 0 Å². The molecule has 1 saturated carbocycles. The van der Waals surface area contributed by atoms with Gasteiger partial charge in [0, 0.05) is 17.7 Å². The Bertz CT molecular complexity index is 424. The minimum Gasteiger partial charge on any atom is -0.477 e. The molecule has 1 aromatic rings. The maximum absolute atomic E-state index is 11.0. The Morgan fingerprint density at radius 3 is 2.94 bits per heavy atom. The van der Waals surface area contributed by atoms with E-state index in [0.29, 0.717) is 42.6 Å². The molecule has 1 heterocycles. The normalized spacial score (nSPS) is 19.8. The second-order valence-electron chi connectivity index (χ2n) is 4.23. The third-order valence-corrected chi connectivity index (χ3v) is 3.86. The highest BCUT2D eigenvalue weighted by Crippen LogP contribution is 2.23. The third-order valence-electron chi connectivity index (χ3n) is 2.82. The minimum atomic E-state index is -0.900. The number of carbonyl (C=O) groups excluding carboxylic acids is 1. The van der Waals surface area contributed by atoms with E-state index in [0.717, 1.165) is 11.3 Å². The van der Waals surface area contributed by atoms with Crippen LogP contribution in [-0.2, 0) is 16.1 Å². The van der Waals surface area contributed by atoms with E-state index in [1.165, 1.54) is 11.3 Å². The molecular formula is C12H14O4S. The zero-order valence-corrected chi connectivity index (χ0v) is 10.2. The van der Waals surface area contributed by atoms with Crippen LogP contribution in [0.15, 0.2) is 12.1 Å². The number of hydrogen-bond acceptors (Lipinski definition) is 4. The SMILES string of the molecule is O=C1CC[C@H](COCc2ccc(C(=O)O)s2)C1. The quantitative estimate of drug-likeness (QED) is 0.876. The molecule has 2 rings (SSSR count). The summed E-state index contributed by atoms with van der Waals surface area (Å²) >= 11 is 1.23. The topological polar surface area (TPSA) is 63.6 Å². The first kappa shape index (κ1) is 12.3. The summed E-state index contributed by atoms with van der Waals surface area (Å²) < 4.78 is 5.51. The van der Waals surface area contributed by atoms with Crippen molar-refractivity contribution in [3.63, 3.8) is 0 Å². The largest absolute Gasteiger partial charge is 0.477 e. The fraction of sp³-hybridized carbons (Fsp3) is 0.500. The van der Waals surface area contributed by atoms with Gasteiger partial charge in [-0.25, -0.2) is 4.79 Å². The van der Waals surface area contributed by atoms with Crippen LogP contribution in [0, 0.1) is 5.92 Å². The molecule has 1 aliphatic carbocycles. The van der Waals surface area contributed by atoms with Gasteiger partial charge in [0.1, 0.15) is 10.7 Å². The van der Waals surface area contributed by atoms with Gasteiger partial charge in [-0.3, -0.25) is 4.79 Å². The third kappa shape index (κ3) is 3.38. The van der Waals surface area contributed by atoms with Crippen LogP contribution in [0.1, 0.15) is 33.8 Å². The van der Waals surface area contributed by atoms with Gasteiger partial charge in [0.2, 0.25) is 0 Å². The first-order valence-electron chi connectivity index (χ1n) is 5.56. The maximum atomic E-state index is 11.0. The van der Waals surface area contributed by atoms with E-state index in [1.54, 1.807) is 12.1 Å². The van der Waals surface area contributed by atoms with Crippen molar-refractivity contribution in [2.24, 2.45) is 5.92 Å². The molecule has 4 nitrogen and oxygen atoms in total. The van der Waals surface area contributed by atoms with Gasteiger partial charge >= 0.3 is 5.97 Å². The van der Waals surface area contributed by atoms with Crippen LogP contribution in [0.4, 0.5) is 0 Å². The number of ketones is 1. The molecule has 1 fully saturated rings. The summed E-state index contributed by atoms with van der Waals surface area (Å²) in [5.74, 6) is -0.230. The lowest BCUT2D eigenvalue weighted by atomic mass is 10.1. The molecule has 92 valence electrons. The second kappa shape index (κ2) is 5.42. The molecule has 5 heteroatoms. The van der Waals surface area contributed by atoms with Crippen molar-refractivity contribution in [2.75, 3.05) is 6.61 Å². The van der Waals surface area contributed by atoms with E-state index < -0.39 is 5.97 Å². The Hall–Kier alpha value is -1.20. The molecule has 0 radical (unpaired) electrons. The lowest BCUT2D eigenvalue weighted by Gasteiger charge is -2.07. The van der Waals surface area contributed by atoms with E-state index in [-0.39, 0.29) is 0 Å². The van der Waals surface area contributed by atoms with Gasteiger partial charge in [-0.05, 0) is 24.5 Å². The van der Waals surface area contributed by atoms with Crippen LogP contribution >= 0.6 is 11.3 Å². The van der Waals surface area contributed by atoms with E-state index in [2.05, 4.69) is 0 Å². The summed E-state index contributed by atoms with van der Waals surface area (Å²) in [7, 11) is 0. The predicted octanol–water partition coefficient (Wildman–Crippen LogP) is 2.33. The number of rotatable bonds is 5. The highest BCUT2D eigenvalue weighted by molar-refractivity contribution is 7.13. The molecule has 1 aliphatic rings. The van der Waals surface area contributed by atoms with Gasteiger partial charge in [-0.2, -0.15) is 0 Å². The number of hydrogen-bond donors (Lipinski definition) is 1. The fourth-order valence-electron chi connectivity index (χ4n) is 1.93. The van der Waals surface area contributed by atoms with Gasteiger partial charge in [0.25, 0.3) is 0 Å². The zero-order chi connectivity index (χ0) is 12.3. The van der Waals surface area contributed by atoms with E-state index >= 15 is 0 Å². The highest BCUT2D eigenvalue weighted by atomic mass is 32.1. The van der Waals surface area contributed by atoms with Gasteiger partial charge in [0.15, 0.2) is 0 Å². The van der Waals surface area contributed by atoms with Crippen molar-refractivity contribution < 1.29 is 19.4 Å². The number of carboxylic acid groups (broad SMARTS) is 1. The minimum absolute atomic E-state index is 0.322. The smallest absolute Gasteiger partial charge is 0.345 e. The van der Waals surface area contributed by atoms with Crippen LogP contribution in [0.2, 0.25) is 0 Å². The van der Waals surface area contributed by atoms with Crippen LogP contribution in [-0.4, -0.2) is 23.5 Å². The number of Topliss-reactive ketones (excluding diaryl/α,β-unsaturated/α-hetero) is 1. The molecule has 0 spiro atoms. The number of carbonyl (C=O) groups is 2. The number of thiophene rings is 1. The zero-order valence-electron chi connectivity index (χ0n) is 9.35. The number of ether oxygens (including phenoxy) is 1. The van der Waals surface area contributed by atoms with Crippen LogP contribution in [0.3, 0.4) is 0 Å². The molecule has 1 atom stereocenters. The van der Waals surface area contributed by atoms with Crippen LogP contribution in [0.5, 0.6) is 0 Å². The monoisotopic (exact) mass is 254 g/mol. The Kier molecular flexibility index (Phi) is 3.91. The first-order chi connectivity index (χ1) is 8.15. The summed E-state index contributed by atoms with van der Waals surface area (Å²) in [6.45, 7) is 1.02. The molecule has 0 unspecified atom stereocenters. The van der Waals surface area contributed by atoms with Crippen molar-refractivity contribution in [3.05, 3.63) is 21.9 Å². The van der Waals surface area contributed by atoms with Gasteiger partial charge < -0.3 is 9.84 Å². The average molecular weight is 254 g/mol. The first-order valence-corrected chi connectivity index (χ1v) is 6.38. The molecule has 1 N–H and O–H groups in total. The fourth-order valence-corrected chi connectivity index (χ4v) is 2.71. The Balaban J connectivity index is 1.74. The summed E-state index contributed by atoms with van der Waals surface area (Å²) in [5.41, 5.74) is 0. The van der Waals surface area contributed by atoms with Crippen molar-refractivity contribution >= 4 is 23.1 Å². The molecule has 0 saturated heterocycles. The average Bonchev–Trinajstić information content (AvgIpc) is 2.88. The van der Waals surface area contributed by atoms with Crippen molar-refractivity contribution in [3.8, 4) is 0 Å². The summed E-state index contributed by atoms with van der Waals surface area (Å²) in [4.78, 5) is 23.0. The number of carboxylic acids is 1. The molecule has 0 aliphatic heterocycles. The predicted molar refractivity (Wildman–Crippen MR) is 63.3 cm³/mol. The summed E-state index contributed by atoms with van der Waals surface area (Å²) in [6, 6.07) is 3.36. The lowest BCUT2D eigenvalue weighted by molar-refractivity contribution is -0.117. The molecule has 0 amide bonds. The Labute approximate surface area is 103 Å². The highest BCUT2D eigenvalue weighted by Gasteiger charge is 2.21. The van der Waals surface area contributed by atoms with Crippen LogP contribution < -0.4 is 0 Å². The van der Waals surface area contributed by atoms with Crippen molar-refractivity contribution in [1.82, 2.24) is 0 Å². The lowest BCUT2D eigenvalue weighted by Crippen LogP contribution is -2.05. The van der Waals surface area contributed by atoms with E-state index in [4.69, 9.17) is 9.84 Å². The maximum Gasteiger partial charge on any atom is 0.345 e. The van der Waals surface area contributed by atoms with Crippen molar-refractivity contribution in [2.45, 2.75) is 25.9 Å². The Morgan fingerprint density at radius 1 is 1.53 bits per heavy atom. The number of aromatic carboxylic acids is 1. The standard InChI is InChI=1S/C12H14O4S/c13-9-2-1-8(5-9)6-16-7-10-3-4-11(17-10)12(14)15/h3-4,8H,1-2,5-7H2,(H,14,15)/t8-/m0/s1. The van der Waals surface area contributed by atoms with Gasteiger partial charge in [-0.15, -0.1) is 11.3 Å². The van der Waals surface area contributed by atoms with Gasteiger partial charge in [-0.1, -0.05) is 0 Å². The summed E-state index contributed by atoms with van der Waals surface area (Å²) in [5, 5.41) is 8.76. The molecule has 0 aromatic carbocycles. The molecule has 17 heavy (non-hydrogen) atoms.